The third-order valence-electron chi connectivity index (χ3n) is 2.62. The number of aromatic nitrogens is 4. The molecule has 1 N–H and O–H groups in total. The lowest BCUT2D eigenvalue weighted by molar-refractivity contribution is 0.875. The quantitative estimate of drug-likeness (QED) is 0.846. The van der Waals surface area contributed by atoms with Gasteiger partial charge in [-0.15, -0.1) is 5.10 Å². The third kappa shape index (κ3) is 3.41. The number of anilines is 1. The monoisotopic (exact) mass is 267 g/mol. The average molecular weight is 267 g/mol. The number of aryl methyl sites for hydroxylation is 1. The van der Waals surface area contributed by atoms with Crippen LogP contribution in [-0.4, -0.2) is 19.7 Å². The highest BCUT2D eigenvalue weighted by molar-refractivity contribution is 5.40. The fourth-order valence-corrected chi connectivity index (χ4v) is 1.63. The van der Waals surface area contributed by atoms with Crippen molar-refractivity contribution in [1.82, 2.24) is 19.7 Å². The normalized spacial score (nSPS) is 11.8. The van der Waals surface area contributed by atoms with Gasteiger partial charge in [0, 0.05) is 17.6 Å². The van der Waals surface area contributed by atoms with E-state index < -0.39 is 0 Å². The summed E-state index contributed by atoms with van der Waals surface area (Å²) in [5.74, 6) is 0.543. The van der Waals surface area contributed by atoms with E-state index in [0.29, 0.717) is 5.95 Å². The molecule has 5 heteroatoms. The first kappa shape index (κ1) is 13.7. The number of rotatable bonds is 5. The Kier molecular flexibility index (Phi) is 4.44. The average Bonchev–Trinajstić information content (AvgIpc) is 2.92. The zero-order chi connectivity index (χ0) is 14.4. The van der Waals surface area contributed by atoms with E-state index in [9.17, 15) is 0 Å². The van der Waals surface area contributed by atoms with Crippen LogP contribution in [0.25, 0.3) is 5.69 Å². The molecule has 0 aromatic carbocycles. The van der Waals surface area contributed by atoms with Gasteiger partial charge in [0.1, 0.15) is 6.33 Å². The number of pyridine rings is 1. The molecule has 20 heavy (non-hydrogen) atoms. The minimum Gasteiger partial charge on any atom is -0.323 e. The van der Waals surface area contributed by atoms with Crippen LogP contribution in [0, 0.1) is 6.92 Å². The zero-order valence-corrected chi connectivity index (χ0v) is 11.6. The van der Waals surface area contributed by atoms with Gasteiger partial charge in [-0.3, -0.25) is 4.98 Å². The molecule has 0 aliphatic heterocycles. The molecule has 0 fully saturated rings. The lowest BCUT2D eigenvalue weighted by atomic mass is 10.3. The molecule has 0 saturated carbocycles. The van der Waals surface area contributed by atoms with E-state index in [1.807, 2.05) is 44.2 Å². The fourth-order valence-electron chi connectivity index (χ4n) is 1.63. The second kappa shape index (κ2) is 6.47. The Bertz CT molecular complexity index is 652. The molecule has 2 aromatic rings. The molecule has 0 aliphatic rings. The Hall–Kier alpha value is -2.69. The molecule has 2 heterocycles. The number of hydrogen-bond acceptors (Lipinski definition) is 4. The van der Waals surface area contributed by atoms with Gasteiger partial charge in [-0.05, 0) is 32.1 Å². The van der Waals surface area contributed by atoms with E-state index in [-0.39, 0.29) is 0 Å². The number of hydrogen-bond donors (Lipinski definition) is 1. The minimum absolute atomic E-state index is 0.543. The standard InChI is InChI=1S/C15H17N5/c1-4-6-7-13(5-2)18-15-17-11-20(19-15)14-8-9-16-12(3)10-14/h4-11H,1H2,2-3H3,(H,18,19)/b7-6-,13-5+. The molecule has 0 amide bonds. The van der Waals surface area contributed by atoms with E-state index in [2.05, 4.69) is 27.0 Å². The Morgan fingerprint density at radius 1 is 1.40 bits per heavy atom. The molecule has 0 radical (unpaired) electrons. The molecule has 0 unspecified atom stereocenters. The number of allylic oxidation sites excluding steroid dienone is 4. The molecule has 2 aromatic heterocycles. The van der Waals surface area contributed by atoms with E-state index in [0.717, 1.165) is 17.1 Å². The lowest BCUT2D eigenvalue weighted by Gasteiger charge is -2.02. The van der Waals surface area contributed by atoms with Gasteiger partial charge in [0.2, 0.25) is 5.95 Å². The zero-order valence-electron chi connectivity index (χ0n) is 11.6. The molecular formula is C15H17N5. The second-order valence-corrected chi connectivity index (χ2v) is 4.13. The molecule has 0 spiro atoms. The van der Waals surface area contributed by atoms with Crippen molar-refractivity contribution in [1.29, 1.82) is 0 Å². The fraction of sp³-hybridized carbons (Fsp3) is 0.133. The van der Waals surface area contributed by atoms with Crippen molar-refractivity contribution < 1.29 is 0 Å². The Morgan fingerprint density at radius 3 is 2.95 bits per heavy atom. The second-order valence-electron chi connectivity index (χ2n) is 4.13. The van der Waals surface area contributed by atoms with Gasteiger partial charge in [0.25, 0.3) is 0 Å². The maximum Gasteiger partial charge on any atom is 0.246 e. The highest BCUT2D eigenvalue weighted by Gasteiger charge is 2.03. The summed E-state index contributed by atoms with van der Waals surface area (Å²) in [6.45, 7) is 7.53. The Morgan fingerprint density at radius 2 is 2.25 bits per heavy atom. The van der Waals surface area contributed by atoms with Gasteiger partial charge < -0.3 is 5.32 Å². The summed E-state index contributed by atoms with van der Waals surface area (Å²) < 4.78 is 1.71. The van der Waals surface area contributed by atoms with Crippen LogP contribution in [0.5, 0.6) is 0 Å². The van der Waals surface area contributed by atoms with Crippen LogP contribution >= 0.6 is 0 Å². The van der Waals surface area contributed by atoms with Crippen LogP contribution in [-0.2, 0) is 0 Å². The van der Waals surface area contributed by atoms with Gasteiger partial charge >= 0.3 is 0 Å². The molecular weight excluding hydrogens is 250 g/mol. The Labute approximate surface area is 118 Å². The van der Waals surface area contributed by atoms with Gasteiger partial charge in [0.05, 0.1) is 5.69 Å². The first-order chi connectivity index (χ1) is 9.72. The maximum absolute atomic E-state index is 4.38. The maximum atomic E-state index is 4.38. The molecule has 102 valence electrons. The van der Waals surface area contributed by atoms with Crippen LogP contribution in [0.3, 0.4) is 0 Å². The highest BCUT2D eigenvalue weighted by atomic mass is 15.4. The number of nitrogens with zero attached hydrogens (tertiary/aromatic N) is 4. The highest BCUT2D eigenvalue weighted by Crippen LogP contribution is 2.10. The molecule has 5 nitrogen and oxygen atoms in total. The summed E-state index contributed by atoms with van der Waals surface area (Å²) in [7, 11) is 0. The predicted octanol–water partition coefficient (Wildman–Crippen LogP) is 3.03. The summed E-state index contributed by atoms with van der Waals surface area (Å²) in [5, 5.41) is 7.52. The lowest BCUT2D eigenvalue weighted by Crippen LogP contribution is -2.00. The Balaban J connectivity index is 2.17. The van der Waals surface area contributed by atoms with Crippen LogP contribution in [0.15, 0.2) is 61.2 Å². The van der Waals surface area contributed by atoms with Gasteiger partial charge in [-0.2, -0.15) is 4.98 Å². The van der Waals surface area contributed by atoms with Crippen molar-refractivity contribution in [3.8, 4) is 5.69 Å². The molecule has 2 rings (SSSR count). The van der Waals surface area contributed by atoms with E-state index in [1.54, 1.807) is 23.3 Å². The summed E-state index contributed by atoms with van der Waals surface area (Å²) >= 11 is 0. The summed E-state index contributed by atoms with van der Waals surface area (Å²) in [6.07, 6.45) is 10.8. The van der Waals surface area contributed by atoms with Crippen molar-refractivity contribution in [2.45, 2.75) is 13.8 Å². The van der Waals surface area contributed by atoms with E-state index in [1.165, 1.54) is 0 Å². The van der Waals surface area contributed by atoms with Crippen molar-refractivity contribution in [2.75, 3.05) is 5.32 Å². The first-order valence-electron chi connectivity index (χ1n) is 6.30. The van der Waals surface area contributed by atoms with Crippen LogP contribution < -0.4 is 5.32 Å². The molecule has 0 bridgehead atoms. The third-order valence-corrected chi connectivity index (χ3v) is 2.62. The van der Waals surface area contributed by atoms with E-state index in [4.69, 9.17) is 0 Å². The van der Waals surface area contributed by atoms with Crippen LogP contribution in [0.4, 0.5) is 5.95 Å². The molecule has 0 aliphatic carbocycles. The van der Waals surface area contributed by atoms with Gasteiger partial charge in [0.15, 0.2) is 0 Å². The number of nitrogens with one attached hydrogen (secondary N) is 1. The van der Waals surface area contributed by atoms with E-state index >= 15 is 0 Å². The van der Waals surface area contributed by atoms with Crippen molar-refractivity contribution in [2.24, 2.45) is 0 Å². The van der Waals surface area contributed by atoms with Crippen molar-refractivity contribution in [3.05, 3.63) is 66.9 Å². The van der Waals surface area contributed by atoms with Crippen molar-refractivity contribution in [3.63, 3.8) is 0 Å². The molecule has 0 saturated heterocycles. The molecule has 0 atom stereocenters. The van der Waals surface area contributed by atoms with Gasteiger partial charge in [-0.25, -0.2) is 4.68 Å². The summed E-state index contributed by atoms with van der Waals surface area (Å²) in [5.41, 5.74) is 2.78. The van der Waals surface area contributed by atoms with Crippen LogP contribution in [0.2, 0.25) is 0 Å². The predicted molar refractivity (Wildman–Crippen MR) is 80.6 cm³/mol. The topological polar surface area (TPSA) is 55.6 Å². The van der Waals surface area contributed by atoms with Crippen molar-refractivity contribution >= 4 is 5.95 Å². The smallest absolute Gasteiger partial charge is 0.246 e. The SMILES string of the molecule is C=C/C=C\C(=C/C)Nc1ncn(-c2ccnc(C)c2)n1. The summed E-state index contributed by atoms with van der Waals surface area (Å²) in [4.78, 5) is 8.40. The minimum atomic E-state index is 0.543. The largest absolute Gasteiger partial charge is 0.323 e. The van der Waals surface area contributed by atoms with Gasteiger partial charge in [-0.1, -0.05) is 24.8 Å². The first-order valence-corrected chi connectivity index (χ1v) is 6.30. The van der Waals surface area contributed by atoms with Crippen LogP contribution in [0.1, 0.15) is 12.6 Å². The summed E-state index contributed by atoms with van der Waals surface area (Å²) in [6, 6.07) is 3.84.